The molecule has 4 rings (SSSR count). The molecule has 0 heterocycles. The molecule has 22 heavy (non-hydrogen) atoms. The lowest BCUT2D eigenvalue weighted by atomic mass is 9.35. The predicted octanol–water partition coefficient (Wildman–Crippen LogP) is 3.27. The zero-order valence-corrected chi connectivity index (χ0v) is 13.3. The van der Waals surface area contributed by atoms with Gasteiger partial charge in [0.25, 0.3) is 0 Å². The third-order valence-corrected chi connectivity index (χ3v) is 6.38. The molecule has 4 bridgehead atoms. The zero-order chi connectivity index (χ0) is 16.2. The maximum atomic E-state index is 11.0. The van der Waals surface area contributed by atoms with Crippen molar-refractivity contribution in [3.05, 3.63) is 12.2 Å². The van der Waals surface area contributed by atoms with Crippen LogP contribution in [0.15, 0.2) is 12.2 Å². The maximum Gasteiger partial charge on any atom is 0.330 e. The third-order valence-electron chi connectivity index (χ3n) is 6.38. The Morgan fingerprint density at radius 1 is 1.18 bits per heavy atom. The molecule has 0 saturated heterocycles. The number of carbonyl (C=O) groups is 1. The van der Waals surface area contributed by atoms with Crippen molar-refractivity contribution in [1.29, 1.82) is 5.26 Å². The van der Waals surface area contributed by atoms with Crippen LogP contribution in [0.25, 0.3) is 0 Å². The molecule has 4 atom stereocenters. The summed E-state index contributed by atoms with van der Waals surface area (Å²) in [6, 6.07) is 2.58. The van der Waals surface area contributed by atoms with Gasteiger partial charge in [-0.2, -0.15) is 5.26 Å². The summed E-state index contributed by atoms with van der Waals surface area (Å²) in [6.45, 7) is 6.05. The van der Waals surface area contributed by atoms with Crippen LogP contribution < -0.4 is 0 Å². The minimum Gasteiger partial charge on any atom is -0.478 e. The first kappa shape index (κ1) is 15.6. The van der Waals surface area contributed by atoms with Crippen molar-refractivity contribution < 1.29 is 15.0 Å². The Kier molecular flexibility index (Phi) is 3.24. The number of carboxylic acids is 1. The first-order chi connectivity index (χ1) is 10.2. The SMILES string of the molecule is C=C(CCC12CC3(C)CC(C#N)(CC(CO)(C3)C1)C2)C(=O)O. The van der Waals surface area contributed by atoms with Crippen LogP contribution in [0.1, 0.15) is 58.3 Å². The molecule has 4 aliphatic rings. The summed E-state index contributed by atoms with van der Waals surface area (Å²) in [5, 5.41) is 28.9. The highest BCUT2D eigenvalue weighted by molar-refractivity contribution is 5.85. The molecule has 0 radical (unpaired) electrons. The second-order valence-corrected chi connectivity index (χ2v) is 8.83. The van der Waals surface area contributed by atoms with Gasteiger partial charge in [0.15, 0.2) is 0 Å². The van der Waals surface area contributed by atoms with Gasteiger partial charge in [-0.15, -0.1) is 0 Å². The van der Waals surface area contributed by atoms with Crippen molar-refractivity contribution in [3.63, 3.8) is 0 Å². The Morgan fingerprint density at radius 2 is 1.82 bits per heavy atom. The number of hydrogen-bond donors (Lipinski definition) is 2. The van der Waals surface area contributed by atoms with Gasteiger partial charge in [-0.25, -0.2) is 4.79 Å². The predicted molar refractivity (Wildman–Crippen MR) is 81.8 cm³/mol. The van der Waals surface area contributed by atoms with E-state index in [1.807, 2.05) is 0 Å². The smallest absolute Gasteiger partial charge is 0.330 e. The van der Waals surface area contributed by atoms with Crippen LogP contribution in [0.3, 0.4) is 0 Å². The van der Waals surface area contributed by atoms with Crippen LogP contribution in [0.4, 0.5) is 0 Å². The summed E-state index contributed by atoms with van der Waals surface area (Å²) >= 11 is 0. The van der Waals surface area contributed by atoms with Crippen LogP contribution in [0, 0.1) is 33.0 Å². The second kappa shape index (κ2) is 4.58. The fraction of sp³-hybridized carbons (Fsp3) is 0.778. The van der Waals surface area contributed by atoms with Crippen molar-refractivity contribution in [2.24, 2.45) is 21.7 Å². The van der Waals surface area contributed by atoms with E-state index in [0.717, 1.165) is 44.9 Å². The Hall–Kier alpha value is -1.34. The molecule has 4 heteroatoms. The number of aliphatic hydroxyl groups excluding tert-OH is 1. The van der Waals surface area contributed by atoms with Crippen LogP contribution in [-0.2, 0) is 4.79 Å². The van der Waals surface area contributed by atoms with Gasteiger partial charge in [0.1, 0.15) is 0 Å². The summed E-state index contributed by atoms with van der Waals surface area (Å²) in [7, 11) is 0. The number of carboxylic acid groups (broad SMARTS) is 1. The number of aliphatic carboxylic acids is 1. The monoisotopic (exact) mass is 303 g/mol. The molecule has 0 aliphatic heterocycles. The number of aliphatic hydroxyl groups is 1. The van der Waals surface area contributed by atoms with Gasteiger partial charge in [0.05, 0.1) is 11.5 Å². The van der Waals surface area contributed by atoms with E-state index < -0.39 is 5.97 Å². The Labute approximate surface area is 131 Å². The minimum atomic E-state index is -0.928. The first-order valence-electron chi connectivity index (χ1n) is 8.12. The van der Waals surface area contributed by atoms with Gasteiger partial charge in [-0.3, -0.25) is 0 Å². The molecule has 0 aromatic rings. The summed E-state index contributed by atoms with van der Waals surface area (Å²) in [6.07, 6.45) is 6.85. The third kappa shape index (κ3) is 2.27. The molecule has 4 fully saturated rings. The number of nitrogens with zero attached hydrogens (tertiary/aromatic N) is 1. The van der Waals surface area contributed by atoms with E-state index in [1.54, 1.807) is 0 Å². The highest BCUT2D eigenvalue weighted by atomic mass is 16.4. The fourth-order valence-corrected chi connectivity index (χ4v) is 6.68. The molecule has 0 amide bonds. The highest BCUT2D eigenvalue weighted by Crippen LogP contribution is 2.74. The van der Waals surface area contributed by atoms with Crippen molar-refractivity contribution in [1.82, 2.24) is 0 Å². The van der Waals surface area contributed by atoms with E-state index in [-0.39, 0.29) is 33.8 Å². The quantitative estimate of drug-likeness (QED) is 0.764. The van der Waals surface area contributed by atoms with Crippen LogP contribution in [0.5, 0.6) is 0 Å². The van der Waals surface area contributed by atoms with Gasteiger partial charge in [-0.05, 0) is 67.6 Å². The largest absolute Gasteiger partial charge is 0.478 e. The molecular formula is C18H25NO3. The summed E-state index contributed by atoms with van der Waals surface area (Å²) in [5.74, 6) is -0.928. The van der Waals surface area contributed by atoms with E-state index in [9.17, 15) is 15.2 Å². The maximum absolute atomic E-state index is 11.0. The fourth-order valence-electron chi connectivity index (χ4n) is 6.68. The normalized spacial score (nSPS) is 45.5. The molecular weight excluding hydrogens is 278 g/mol. The van der Waals surface area contributed by atoms with Crippen molar-refractivity contribution in [3.8, 4) is 6.07 Å². The molecule has 0 aromatic heterocycles. The molecule has 0 spiro atoms. The first-order valence-corrected chi connectivity index (χ1v) is 8.12. The Balaban J connectivity index is 1.91. The number of nitriles is 1. The van der Waals surface area contributed by atoms with Crippen LogP contribution in [-0.4, -0.2) is 22.8 Å². The van der Waals surface area contributed by atoms with Gasteiger partial charge in [-0.1, -0.05) is 13.5 Å². The second-order valence-electron chi connectivity index (χ2n) is 8.83. The van der Waals surface area contributed by atoms with Gasteiger partial charge in [0, 0.05) is 12.2 Å². The van der Waals surface area contributed by atoms with E-state index in [4.69, 9.17) is 5.11 Å². The van der Waals surface area contributed by atoms with Gasteiger partial charge in [0.2, 0.25) is 0 Å². The van der Waals surface area contributed by atoms with E-state index >= 15 is 0 Å². The van der Waals surface area contributed by atoms with Crippen LogP contribution >= 0.6 is 0 Å². The van der Waals surface area contributed by atoms with Crippen molar-refractivity contribution in [2.75, 3.05) is 6.61 Å². The molecule has 0 aromatic carbocycles. The van der Waals surface area contributed by atoms with Crippen molar-refractivity contribution in [2.45, 2.75) is 58.3 Å². The topological polar surface area (TPSA) is 81.3 Å². The number of hydrogen-bond acceptors (Lipinski definition) is 3. The lowest BCUT2D eigenvalue weighted by molar-refractivity contribution is -0.191. The molecule has 4 aliphatic carbocycles. The average Bonchev–Trinajstić information content (AvgIpc) is 2.42. The van der Waals surface area contributed by atoms with E-state index in [0.29, 0.717) is 6.42 Å². The summed E-state index contributed by atoms with van der Waals surface area (Å²) in [5.41, 5.74) is -0.0939. The minimum absolute atomic E-state index is 0.000347. The van der Waals surface area contributed by atoms with Gasteiger partial charge < -0.3 is 10.2 Å². The van der Waals surface area contributed by atoms with Crippen LogP contribution in [0.2, 0.25) is 0 Å². The van der Waals surface area contributed by atoms with Gasteiger partial charge >= 0.3 is 5.97 Å². The average molecular weight is 303 g/mol. The highest BCUT2D eigenvalue weighted by Gasteiger charge is 2.66. The van der Waals surface area contributed by atoms with E-state index in [1.165, 1.54) is 0 Å². The standard InChI is InChI=1S/C18H25NO3/c1-13(14(21)22)3-4-16-5-15(2)6-17(8-16,11-19)10-18(7-15,9-16)12-20/h20H,1,3-10,12H2,2H3,(H,21,22). The molecule has 120 valence electrons. The Morgan fingerprint density at radius 3 is 2.41 bits per heavy atom. The summed E-state index contributed by atoms with van der Waals surface area (Å²) in [4.78, 5) is 11.0. The molecule has 4 unspecified atom stereocenters. The van der Waals surface area contributed by atoms with E-state index in [2.05, 4.69) is 19.6 Å². The molecule has 4 saturated carbocycles. The van der Waals surface area contributed by atoms with Crippen molar-refractivity contribution >= 4 is 5.97 Å². The Bertz CT molecular complexity index is 579. The lowest BCUT2D eigenvalue weighted by Crippen LogP contribution is -2.61. The number of rotatable bonds is 5. The summed E-state index contributed by atoms with van der Waals surface area (Å²) < 4.78 is 0. The zero-order valence-electron chi connectivity index (χ0n) is 13.3. The molecule has 4 nitrogen and oxygen atoms in total. The molecule has 2 N–H and O–H groups in total. The lowest BCUT2D eigenvalue weighted by Gasteiger charge is -2.68.